The Bertz CT molecular complexity index is 124. The van der Waals surface area contributed by atoms with Gasteiger partial charge in [-0.15, -0.1) is 0 Å². The summed E-state index contributed by atoms with van der Waals surface area (Å²) in [6, 6.07) is 0. The highest BCUT2D eigenvalue weighted by molar-refractivity contribution is 7.85. The molecule has 0 aliphatic rings. The first kappa shape index (κ1) is 9.48. The predicted octanol–water partition coefficient (Wildman–Crippen LogP) is 2.86. The molecule has 0 saturated heterocycles. The van der Waals surface area contributed by atoms with Crippen LogP contribution >= 0.6 is 18.0 Å². The molecule has 0 aromatic heterocycles. The van der Waals surface area contributed by atoms with Gasteiger partial charge in [-0.05, 0) is 25.1 Å². The first-order valence-electron chi connectivity index (χ1n) is 2.95. The van der Waals surface area contributed by atoms with Gasteiger partial charge < -0.3 is 4.52 Å². The first-order valence-corrected chi connectivity index (χ1v) is 5.66. The van der Waals surface area contributed by atoms with Crippen molar-refractivity contribution in [3.05, 3.63) is 0 Å². The van der Waals surface area contributed by atoms with Gasteiger partial charge in [-0.25, -0.2) is 0 Å². The third-order valence-corrected chi connectivity index (χ3v) is 3.19. The molecule has 0 rings (SSSR count). The number of hydrogen-bond acceptors (Lipinski definition) is 2. The van der Waals surface area contributed by atoms with Gasteiger partial charge in [0.25, 0.3) is 6.72 Å². The highest BCUT2D eigenvalue weighted by Gasteiger charge is 2.16. The van der Waals surface area contributed by atoms with E-state index in [1.54, 1.807) is 6.92 Å². The van der Waals surface area contributed by atoms with Gasteiger partial charge in [-0.3, -0.25) is 4.57 Å². The second-order valence-corrected chi connectivity index (χ2v) is 5.63. The average Bonchev–Trinajstić information content (AvgIpc) is 1.63. The van der Waals surface area contributed by atoms with Crippen LogP contribution in [0, 0.1) is 0 Å². The second-order valence-electron chi connectivity index (χ2n) is 2.06. The van der Waals surface area contributed by atoms with E-state index >= 15 is 0 Å². The Hall–Kier alpha value is 0.480. The van der Waals surface area contributed by atoms with E-state index in [2.05, 4.69) is 0 Å². The molecular formula is C5H12ClO2P. The minimum Gasteiger partial charge on any atom is -0.315 e. The quantitative estimate of drug-likeness (QED) is 0.609. The number of hydrogen-bond donors (Lipinski definition) is 0. The van der Waals surface area contributed by atoms with Crippen LogP contribution in [0.15, 0.2) is 0 Å². The summed E-state index contributed by atoms with van der Waals surface area (Å²) in [5.74, 6) is 0. The monoisotopic (exact) mass is 170 g/mol. The Labute approximate surface area is 60.8 Å². The van der Waals surface area contributed by atoms with Crippen LogP contribution in [0.5, 0.6) is 0 Å². The van der Waals surface area contributed by atoms with Gasteiger partial charge >= 0.3 is 0 Å². The lowest BCUT2D eigenvalue weighted by atomic mass is 10.5. The van der Waals surface area contributed by atoms with Crippen molar-refractivity contribution >= 4 is 18.0 Å². The summed E-state index contributed by atoms with van der Waals surface area (Å²) in [5.41, 5.74) is 0. The van der Waals surface area contributed by atoms with Crippen molar-refractivity contribution in [3.8, 4) is 0 Å². The zero-order chi connectivity index (χ0) is 7.49. The van der Waals surface area contributed by atoms with Gasteiger partial charge in [0.1, 0.15) is 0 Å². The molecule has 0 unspecified atom stereocenters. The fourth-order valence-corrected chi connectivity index (χ4v) is 1.65. The first-order chi connectivity index (χ1) is 3.98. The molecule has 1 atom stereocenters. The maximum absolute atomic E-state index is 10.9. The summed E-state index contributed by atoms with van der Waals surface area (Å²) < 4.78 is 15.8. The molecule has 0 aromatic carbocycles. The summed E-state index contributed by atoms with van der Waals surface area (Å²) >= 11 is 5.45. The summed E-state index contributed by atoms with van der Waals surface area (Å²) in [6.07, 6.45) is 0.348. The summed E-state index contributed by atoms with van der Waals surface area (Å²) in [6.45, 7) is 2.61. The van der Waals surface area contributed by atoms with E-state index in [0.29, 0.717) is 6.16 Å². The molecule has 4 heteroatoms. The number of rotatable bonds is 3. The Morgan fingerprint density at radius 3 is 2.22 bits per heavy atom. The molecule has 0 fully saturated rings. The maximum Gasteiger partial charge on any atom is 0.290 e. The fourth-order valence-electron chi connectivity index (χ4n) is 0.389. The van der Waals surface area contributed by atoms with Gasteiger partial charge in [-0.2, -0.15) is 0 Å². The van der Waals surface area contributed by atoms with Crippen LogP contribution in [0.1, 0.15) is 20.8 Å². The molecule has 0 aliphatic heterocycles. The molecule has 56 valence electrons. The van der Waals surface area contributed by atoms with Crippen LogP contribution in [0.2, 0.25) is 0 Å². The largest absolute Gasteiger partial charge is 0.315 e. The SMILES string of the molecule is CC[P@](=O)(Cl)OC(C)C. The second kappa shape index (κ2) is 3.60. The van der Waals surface area contributed by atoms with E-state index < -0.39 is 6.72 Å². The molecule has 0 spiro atoms. The standard InChI is InChI=1S/C5H12ClO2P/c1-4-9(6,7)8-5(2)3/h5H,4H2,1-3H3/t9-/m1/s1. The third kappa shape index (κ3) is 4.95. The Balaban J connectivity index is 3.73. The lowest BCUT2D eigenvalue weighted by Crippen LogP contribution is -1.98. The molecule has 0 bridgehead atoms. The van der Waals surface area contributed by atoms with Gasteiger partial charge in [0.05, 0.1) is 6.10 Å². The van der Waals surface area contributed by atoms with Crippen molar-refractivity contribution < 1.29 is 9.09 Å². The predicted molar refractivity (Wildman–Crippen MR) is 40.2 cm³/mol. The minimum atomic E-state index is -2.76. The van der Waals surface area contributed by atoms with Crippen LogP contribution in [0.3, 0.4) is 0 Å². The normalized spacial score (nSPS) is 17.9. The van der Waals surface area contributed by atoms with Crippen LogP contribution in [0.25, 0.3) is 0 Å². The molecule has 9 heavy (non-hydrogen) atoms. The van der Waals surface area contributed by atoms with Gasteiger partial charge in [0.2, 0.25) is 0 Å². The highest BCUT2D eigenvalue weighted by Crippen LogP contribution is 2.52. The maximum atomic E-state index is 10.9. The van der Waals surface area contributed by atoms with E-state index in [1.165, 1.54) is 0 Å². The lowest BCUT2D eigenvalue weighted by Gasteiger charge is -2.11. The molecule has 0 radical (unpaired) electrons. The van der Waals surface area contributed by atoms with E-state index in [0.717, 1.165) is 0 Å². The zero-order valence-corrected chi connectivity index (χ0v) is 7.58. The van der Waals surface area contributed by atoms with Gasteiger partial charge in [-0.1, -0.05) is 6.92 Å². The summed E-state index contributed by atoms with van der Waals surface area (Å²) in [5, 5.41) is 0. The molecule has 0 aromatic rings. The van der Waals surface area contributed by atoms with Crippen molar-refractivity contribution in [1.29, 1.82) is 0 Å². The Kier molecular flexibility index (Phi) is 3.79. The molecule has 0 amide bonds. The van der Waals surface area contributed by atoms with Crippen molar-refractivity contribution in [2.75, 3.05) is 6.16 Å². The molecule has 2 nitrogen and oxygen atoms in total. The van der Waals surface area contributed by atoms with E-state index in [4.69, 9.17) is 15.8 Å². The third-order valence-electron chi connectivity index (χ3n) is 0.746. The number of halogens is 1. The molecule has 0 N–H and O–H groups in total. The molecular weight excluding hydrogens is 158 g/mol. The molecule has 0 aliphatic carbocycles. The highest BCUT2D eigenvalue weighted by atomic mass is 35.7. The van der Waals surface area contributed by atoms with E-state index in [1.807, 2.05) is 13.8 Å². The van der Waals surface area contributed by atoms with E-state index in [9.17, 15) is 4.57 Å². The van der Waals surface area contributed by atoms with Crippen LogP contribution < -0.4 is 0 Å². The summed E-state index contributed by atoms with van der Waals surface area (Å²) in [4.78, 5) is 0. The molecule has 0 heterocycles. The zero-order valence-electron chi connectivity index (χ0n) is 5.93. The van der Waals surface area contributed by atoms with Gasteiger partial charge in [0, 0.05) is 6.16 Å². The average molecular weight is 171 g/mol. The topological polar surface area (TPSA) is 26.3 Å². The Morgan fingerprint density at radius 2 is 2.11 bits per heavy atom. The minimum absolute atomic E-state index is 0.0479. The van der Waals surface area contributed by atoms with Crippen molar-refractivity contribution in [1.82, 2.24) is 0 Å². The fraction of sp³-hybridized carbons (Fsp3) is 1.00. The lowest BCUT2D eigenvalue weighted by molar-refractivity contribution is 0.252. The Morgan fingerprint density at radius 1 is 1.67 bits per heavy atom. The van der Waals surface area contributed by atoms with E-state index in [-0.39, 0.29) is 6.10 Å². The smallest absolute Gasteiger partial charge is 0.290 e. The van der Waals surface area contributed by atoms with Crippen LogP contribution in [-0.2, 0) is 9.09 Å². The molecule has 0 saturated carbocycles. The van der Waals surface area contributed by atoms with Gasteiger partial charge in [0.15, 0.2) is 0 Å². The van der Waals surface area contributed by atoms with Crippen LogP contribution in [-0.4, -0.2) is 12.3 Å². The van der Waals surface area contributed by atoms with Crippen molar-refractivity contribution in [3.63, 3.8) is 0 Å². The summed E-state index contributed by atoms with van der Waals surface area (Å²) in [7, 11) is 0. The van der Waals surface area contributed by atoms with Crippen molar-refractivity contribution in [2.24, 2.45) is 0 Å². The van der Waals surface area contributed by atoms with Crippen LogP contribution in [0.4, 0.5) is 0 Å². The van der Waals surface area contributed by atoms with Crippen molar-refractivity contribution in [2.45, 2.75) is 26.9 Å².